The molecule has 0 aliphatic rings. The smallest absolute Gasteiger partial charge is 0.0843 e. The van der Waals surface area contributed by atoms with Gasteiger partial charge in [-0.25, -0.2) is 0 Å². The Bertz CT molecular complexity index is 1370. The zero-order valence-corrected chi connectivity index (χ0v) is 16.1. The summed E-state index contributed by atoms with van der Waals surface area (Å²) >= 11 is 0. The van der Waals surface area contributed by atoms with Gasteiger partial charge in [-0.1, -0.05) is 48.2 Å². The first-order valence-electron chi connectivity index (χ1n) is 9.54. The van der Waals surface area contributed by atoms with E-state index in [9.17, 15) is 0 Å². The monoisotopic (exact) mass is 360 g/mol. The Morgan fingerprint density at radius 3 is 1.43 bits per heavy atom. The van der Waals surface area contributed by atoms with Crippen molar-refractivity contribution in [2.24, 2.45) is 0 Å². The highest BCUT2D eigenvalue weighted by molar-refractivity contribution is 6.17. The summed E-state index contributed by atoms with van der Waals surface area (Å²) < 4.78 is 4.66. The number of hydrogen-bond donors (Lipinski definition) is 0. The van der Waals surface area contributed by atoms with Crippen molar-refractivity contribution < 1.29 is 0 Å². The van der Waals surface area contributed by atoms with Crippen LogP contribution in [0, 0.1) is 23.7 Å². The summed E-state index contributed by atoms with van der Waals surface area (Å²) in [6, 6.07) is 21.9. The van der Waals surface area contributed by atoms with Gasteiger partial charge in [0.2, 0.25) is 0 Å². The third-order valence-electron chi connectivity index (χ3n) is 5.49. The first-order valence-corrected chi connectivity index (χ1v) is 9.54. The van der Waals surface area contributed by atoms with Crippen LogP contribution in [0.25, 0.3) is 43.6 Å². The third-order valence-corrected chi connectivity index (χ3v) is 5.49. The molecule has 0 radical (unpaired) electrons. The molecule has 0 aliphatic carbocycles. The van der Waals surface area contributed by atoms with Crippen molar-refractivity contribution in [2.75, 3.05) is 0 Å². The van der Waals surface area contributed by atoms with E-state index in [0.717, 1.165) is 0 Å². The predicted octanol–water partition coefficient (Wildman–Crippen LogP) is 5.95. The van der Waals surface area contributed by atoms with Crippen LogP contribution in [0.15, 0.2) is 60.7 Å². The van der Waals surface area contributed by atoms with Crippen molar-refractivity contribution in [2.45, 2.75) is 26.9 Å². The third kappa shape index (κ3) is 2.32. The minimum atomic E-state index is 0.700. The van der Waals surface area contributed by atoms with Gasteiger partial charge in [0.1, 0.15) is 0 Å². The molecule has 5 aromatic rings. The molecule has 2 nitrogen and oxygen atoms in total. The highest BCUT2D eigenvalue weighted by Gasteiger charge is 2.15. The fraction of sp³-hybridized carbons (Fsp3) is 0.154. The number of aromatic nitrogens is 2. The van der Waals surface area contributed by atoms with Crippen LogP contribution in [0.5, 0.6) is 0 Å². The zero-order chi connectivity index (χ0) is 19.1. The Balaban J connectivity index is 1.96. The van der Waals surface area contributed by atoms with Gasteiger partial charge in [0.25, 0.3) is 0 Å². The summed E-state index contributed by atoms with van der Waals surface area (Å²) in [5, 5.41) is 5.09. The van der Waals surface area contributed by atoms with E-state index in [1.165, 1.54) is 43.6 Å². The molecule has 0 aliphatic heterocycles. The lowest BCUT2D eigenvalue weighted by atomic mass is 10.1. The molecular weight excluding hydrogens is 340 g/mol. The number of rotatable bonds is 2. The van der Waals surface area contributed by atoms with Crippen molar-refractivity contribution in [1.82, 2.24) is 9.13 Å². The molecule has 28 heavy (non-hydrogen) atoms. The van der Waals surface area contributed by atoms with Crippen LogP contribution >= 0.6 is 0 Å². The fourth-order valence-corrected chi connectivity index (χ4v) is 4.24. The Kier molecular flexibility index (Phi) is 3.85. The molecule has 2 heteroatoms. The standard InChI is InChI=1S/C26H20N2/c1-3-5-15-27-23-13-9-7-11-19(23)21-18-26-22(17-25(21)27)20-12-8-10-14-24(20)28(26)16-6-4-2/h7-14,17-18H,15-16H2,1-2H3. The predicted molar refractivity (Wildman–Crippen MR) is 119 cm³/mol. The minimum Gasteiger partial charge on any atom is -0.329 e. The second kappa shape index (κ2) is 6.52. The lowest BCUT2D eigenvalue weighted by Crippen LogP contribution is -1.96. The maximum atomic E-state index is 3.24. The van der Waals surface area contributed by atoms with Crippen molar-refractivity contribution in [3.63, 3.8) is 0 Å². The van der Waals surface area contributed by atoms with E-state index in [2.05, 4.69) is 93.5 Å². The Labute approximate surface area is 164 Å². The number of nitrogens with zero attached hydrogens (tertiary/aromatic N) is 2. The average molecular weight is 360 g/mol. The molecule has 0 fully saturated rings. The summed E-state index contributed by atoms with van der Waals surface area (Å²) in [5.41, 5.74) is 4.94. The summed E-state index contributed by atoms with van der Waals surface area (Å²) in [7, 11) is 0. The molecule has 0 saturated heterocycles. The molecular formula is C26H20N2. The molecule has 0 atom stereocenters. The molecule has 0 spiro atoms. The van der Waals surface area contributed by atoms with E-state index in [1.807, 2.05) is 13.8 Å². The van der Waals surface area contributed by atoms with Crippen LogP contribution < -0.4 is 0 Å². The van der Waals surface area contributed by atoms with Crippen LogP contribution in [-0.4, -0.2) is 9.13 Å². The average Bonchev–Trinajstić information content (AvgIpc) is 3.21. The highest BCUT2D eigenvalue weighted by atomic mass is 15.0. The van der Waals surface area contributed by atoms with Crippen LogP contribution in [0.1, 0.15) is 13.8 Å². The number of fused-ring (bicyclic) bond motifs is 6. The van der Waals surface area contributed by atoms with E-state index >= 15 is 0 Å². The van der Waals surface area contributed by atoms with Gasteiger partial charge in [-0.05, 0) is 38.1 Å². The van der Waals surface area contributed by atoms with Crippen molar-refractivity contribution in [3.8, 4) is 23.7 Å². The second-order valence-electron chi connectivity index (χ2n) is 6.95. The number of hydrogen-bond acceptors (Lipinski definition) is 0. The van der Waals surface area contributed by atoms with Gasteiger partial charge in [-0.15, -0.1) is 11.8 Å². The number of benzene rings is 3. The maximum absolute atomic E-state index is 3.24. The summed E-state index contributed by atoms with van der Waals surface area (Å²) in [4.78, 5) is 0. The van der Waals surface area contributed by atoms with E-state index in [4.69, 9.17) is 0 Å². The second-order valence-corrected chi connectivity index (χ2v) is 6.95. The molecule has 5 rings (SSSR count). The molecule has 2 aromatic heterocycles. The number of para-hydroxylation sites is 2. The largest absolute Gasteiger partial charge is 0.329 e. The normalized spacial score (nSPS) is 10.9. The first-order chi connectivity index (χ1) is 13.8. The summed E-state index contributed by atoms with van der Waals surface area (Å²) in [6.45, 7) is 5.20. The molecule has 134 valence electrons. The Hall–Kier alpha value is -3.62. The van der Waals surface area contributed by atoms with E-state index < -0.39 is 0 Å². The molecule has 0 amide bonds. The van der Waals surface area contributed by atoms with Gasteiger partial charge in [-0.2, -0.15) is 0 Å². The van der Waals surface area contributed by atoms with Crippen LogP contribution in [0.2, 0.25) is 0 Å². The fourth-order valence-electron chi connectivity index (χ4n) is 4.24. The molecule has 0 bridgehead atoms. The van der Waals surface area contributed by atoms with Gasteiger partial charge in [0, 0.05) is 32.6 Å². The van der Waals surface area contributed by atoms with Gasteiger partial charge >= 0.3 is 0 Å². The molecule has 3 aromatic carbocycles. The Morgan fingerprint density at radius 1 is 0.571 bits per heavy atom. The molecule has 0 saturated carbocycles. The van der Waals surface area contributed by atoms with E-state index in [-0.39, 0.29) is 0 Å². The van der Waals surface area contributed by atoms with Crippen LogP contribution in [0.4, 0.5) is 0 Å². The SMILES string of the molecule is CC#CCn1c2ccccc2c2cc3c(cc21)c1ccccc1n3CC#CC. The first kappa shape index (κ1) is 16.5. The van der Waals surface area contributed by atoms with Crippen molar-refractivity contribution in [3.05, 3.63) is 60.7 Å². The van der Waals surface area contributed by atoms with Gasteiger partial charge < -0.3 is 9.13 Å². The maximum Gasteiger partial charge on any atom is 0.0843 e. The molecule has 0 N–H and O–H groups in total. The lowest BCUT2D eigenvalue weighted by Gasteiger charge is -2.04. The van der Waals surface area contributed by atoms with Crippen molar-refractivity contribution >= 4 is 43.6 Å². The topological polar surface area (TPSA) is 9.86 Å². The molecule has 2 heterocycles. The van der Waals surface area contributed by atoms with Crippen LogP contribution in [0.3, 0.4) is 0 Å². The summed E-state index contributed by atoms with van der Waals surface area (Å²) in [5.74, 6) is 12.6. The zero-order valence-electron chi connectivity index (χ0n) is 16.1. The van der Waals surface area contributed by atoms with E-state index in [1.54, 1.807) is 0 Å². The minimum absolute atomic E-state index is 0.700. The van der Waals surface area contributed by atoms with Crippen LogP contribution in [-0.2, 0) is 13.1 Å². The molecule has 0 unspecified atom stereocenters. The van der Waals surface area contributed by atoms with Gasteiger partial charge in [0.05, 0.1) is 24.1 Å². The van der Waals surface area contributed by atoms with E-state index in [0.29, 0.717) is 13.1 Å². The van der Waals surface area contributed by atoms with Gasteiger partial charge in [0.15, 0.2) is 0 Å². The lowest BCUT2D eigenvalue weighted by molar-refractivity contribution is 0.919. The highest BCUT2D eigenvalue weighted by Crippen LogP contribution is 2.36. The van der Waals surface area contributed by atoms with Crippen molar-refractivity contribution in [1.29, 1.82) is 0 Å². The quantitative estimate of drug-likeness (QED) is 0.344. The summed E-state index contributed by atoms with van der Waals surface area (Å²) in [6.07, 6.45) is 0. The Morgan fingerprint density at radius 2 is 1.00 bits per heavy atom. The van der Waals surface area contributed by atoms with Gasteiger partial charge in [-0.3, -0.25) is 0 Å².